The predicted octanol–water partition coefficient (Wildman–Crippen LogP) is 1.34. The minimum absolute atomic E-state index is 0.0297. The van der Waals surface area contributed by atoms with Gasteiger partial charge in [-0.05, 0) is 18.9 Å². The van der Waals surface area contributed by atoms with Crippen LogP contribution in [0.1, 0.15) is 41.8 Å². The number of hydrogen-bond acceptors (Lipinski definition) is 4. The molecule has 1 aliphatic carbocycles. The van der Waals surface area contributed by atoms with Gasteiger partial charge in [0.2, 0.25) is 0 Å². The van der Waals surface area contributed by atoms with Gasteiger partial charge in [-0.2, -0.15) is 0 Å². The largest absolute Gasteiger partial charge is 0.478 e. The van der Waals surface area contributed by atoms with E-state index in [1.807, 2.05) is 0 Å². The highest BCUT2D eigenvalue weighted by molar-refractivity contribution is 6.07. The number of carbonyl (C=O) groups excluding carboxylic acids is 2. The molecule has 3 amide bonds. The maximum atomic E-state index is 12.4. The summed E-state index contributed by atoms with van der Waals surface area (Å²) in [7, 11) is 0. The fourth-order valence-corrected chi connectivity index (χ4v) is 2.93. The zero-order valence-electron chi connectivity index (χ0n) is 10.7. The third kappa shape index (κ3) is 1.77. The first-order valence-corrected chi connectivity index (χ1v) is 6.47. The van der Waals surface area contributed by atoms with Crippen LogP contribution in [-0.2, 0) is 11.3 Å². The van der Waals surface area contributed by atoms with E-state index in [0.29, 0.717) is 12.8 Å². The minimum atomic E-state index is -1.14. The summed E-state index contributed by atoms with van der Waals surface area (Å²) in [5.74, 6) is -1.32. The second-order valence-electron chi connectivity index (χ2n) is 5.17. The van der Waals surface area contributed by atoms with E-state index in [9.17, 15) is 14.4 Å². The van der Waals surface area contributed by atoms with Gasteiger partial charge in [0.15, 0.2) is 0 Å². The van der Waals surface area contributed by atoms with E-state index in [0.717, 1.165) is 17.7 Å². The molecule has 1 spiro atoms. The van der Waals surface area contributed by atoms with Crippen molar-refractivity contribution in [3.05, 3.63) is 23.7 Å². The zero-order chi connectivity index (χ0) is 14.3. The molecule has 2 fully saturated rings. The minimum Gasteiger partial charge on any atom is -0.478 e. The second-order valence-corrected chi connectivity index (χ2v) is 5.17. The van der Waals surface area contributed by atoms with Gasteiger partial charge in [0, 0.05) is 0 Å². The third-order valence-corrected chi connectivity index (χ3v) is 3.98. The Hall–Kier alpha value is -2.31. The number of urea groups is 1. The number of rotatable bonds is 3. The van der Waals surface area contributed by atoms with Crippen LogP contribution >= 0.6 is 0 Å². The van der Waals surface area contributed by atoms with Crippen molar-refractivity contribution in [3.8, 4) is 0 Å². The van der Waals surface area contributed by atoms with Gasteiger partial charge in [0.25, 0.3) is 5.91 Å². The van der Waals surface area contributed by atoms with E-state index in [-0.39, 0.29) is 23.8 Å². The van der Waals surface area contributed by atoms with Crippen molar-refractivity contribution < 1.29 is 23.9 Å². The Bertz CT molecular complexity index is 585. The topological polar surface area (TPSA) is 99.8 Å². The summed E-state index contributed by atoms with van der Waals surface area (Å²) in [6.07, 6.45) is 4.32. The first-order valence-electron chi connectivity index (χ1n) is 6.47. The van der Waals surface area contributed by atoms with Crippen LogP contribution in [0, 0.1) is 0 Å². The highest BCUT2D eigenvalue weighted by atomic mass is 16.4. The highest BCUT2D eigenvalue weighted by Crippen LogP contribution is 2.35. The van der Waals surface area contributed by atoms with Crippen molar-refractivity contribution in [1.82, 2.24) is 10.2 Å². The summed E-state index contributed by atoms with van der Waals surface area (Å²) >= 11 is 0. The van der Waals surface area contributed by atoms with Gasteiger partial charge < -0.3 is 14.8 Å². The molecule has 0 bridgehead atoms. The smallest absolute Gasteiger partial charge is 0.339 e. The van der Waals surface area contributed by atoms with Crippen LogP contribution in [-0.4, -0.2) is 33.5 Å². The van der Waals surface area contributed by atoms with Crippen LogP contribution < -0.4 is 5.32 Å². The molecule has 3 rings (SSSR count). The average Bonchev–Trinajstić information content (AvgIpc) is 3.07. The summed E-state index contributed by atoms with van der Waals surface area (Å²) in [6, 6.07) is 0.825. The van der Waals surface area contributed by atoms with E-state index in [1.54, 1.807) is 0 Å². The second kappa shape index (κ2) is 4.36. The maximum absolute atomic E-state index is 12.4. The summed E-state index contributed by atoms with van der Waals surface area (Å²) in [6.45, 7) is -0.152. The van der Waals surface area contributed by atoms with Gasteiger partial charge in [-0.1, -0.05) is 12.8 Å². The van der Waals surface area contributed by atoms with Crippen molar-refractivity contribution in [2.24, 2.45) is 0 Å². The molecule has 2 aliphatic rings. The van der Waals surface area contributed by atoms with Crippen molar-refractivity contribution in [2.75, 3.05) is 0 Å². The lowest BCUT2D eigenvalue weighted by Crippen LogP contribution is -2.44. The lowest BCUT2D eigenvalue weighted by atomic mass is 9.98. The molecule has 1 aromatic rings. The lowest BCUT2D eigenvalue weighted by Gasteiger charge is -2.19. The van der Waals surface area contributed by atoms with Crippen LogP contribution in [0.3, 0.4) is 0 Å². The molecule has 0 aromatic carbocycles. The van der Waals surface area contributed by atoms with Gasteiger partial charge in [-0.25, -0.2) is 9.59 Å². The molecule has 2 heterocycles. The molecule has 0 radical (unpaired) electrons. The van der Waals surface area contributed by atoms with Crippen LogP contribution in [0.4, 0.5) is 4.79 Å². The van der Waals surface area contributed by atoms with E-state index in [1.165, 1.54) is 12.3 Å². The average molecular weight is 278 g/mol. The third-order valence-electron chi connectivity index (χ3n) is 3.98. The van der Waals surface area contributed by atoms with Crippen LogP contribution in [0.5, 0.6) is 0 Å². The number of amides is 3. The Balaban J connectivity index is 1.84. The summed E-state index contributed by atoms with van der Waals surface area (Å²) in [5.41, 5.74) is -0.814. The molecule has 1 saturated heterocycles. The molecule has 106 valence electrons. The van der Waals surface area contributed by atoms with Crippen LogP contribution in [0.25, 0.3) is 0 Å². The molecule has 0 atom stereocenters. The Kier molecular flexibility index (Phi) is 2.77. The molecular weight excluding hydrogens is 264 g/mol. The van der Waals surface area contributed by atoms with Gasteiger partial charge in [0.05, 0.1) is 12.8 Å². The van der Waals surface area contributed by atoms with Gasteiger partial charge in [0.1, 0.15) is 16.9 Å². The molecule has 1 aromatic heterocycles. The number of nitrogens with zero attached hydrogens (tertiary/aromatic N) is 1. The Morgan fingerprint density at radius 3 is 2.75 bits per heavy atom. The first kappa shape index (κ1) is 12.7. The molecule has 20 heavy (non-hydrogen) atoms. The molecule has 1 aliphatic heterocycles. The number of hydrogen-bond donors (Lipinski definition) is 2. The normalized spacial score (nSPS) is 20.7. The molecule has 7 nitrogen and oxygen atoms in total. The first-order chi connectivity index (χ1) is 9.53. The van der Waals surface area contributed by atoms with Crippen molar-refractivity contribution in [3.63, 3.8) is 0 Å². The molecule has 1 saturated carbocycles. The molecule has 7 heteroatoms. The number of imide groups is 1. The SMILES string of the molecule is O=C(O)c1ccoc1CN1C(=O)NC2(CCCC2)C1=O. The van der Waals surface area contributed by atoms with Gasteiger partial charge in [-0.15, -0.1) is 0 Å². The Labute approximate surface area is 114 Å². The van der Waals surface area contributed by atoms with Gasteiger partial charge in [-0.3, -0.25) is 9.69 Å². The standard InChI is InChI=1S/C13H14N2O5/c16-10(17)8-3-6-20-9(8)7-15-11(18)13(14-12(15)19)4-1-2-5-13/h3,6H,1-2,4-5,7H2,(H,14,19)(H,16,17). The fraction of sp³-hybridized carbons (Fsp3) is 0.462. The summed E-state index contributed by atoms with van der Waals surface area (Å²) in [4.78, 5) is 36.4. The van der Waals surface area contributed by atoms with E-state index >= 15 is 0 Å². The van der Waals surface area contributed by atoms with E-state index in [4.69, 9.17) is 9.52 Å². The van der Waals surface area contributed by atoms with Gasteiger partial charge >= 0.3 is 12.0 Å². The Morgan fingerprint density at radius 1 is 1.40 bits per heavy atom. The number of nitrogens with one attached hydrogen (secondary N) is 1. The maximum Gasteiger partial charge on any atom is 0.339 e. The number of carboxylic acid groups (broad SMARTS) is 1. The summed E-state index contributed by atoms with van der Waals surface area (Å²) < 4.78 is 5.08. The van der Waals surface area contributed by atoms with E-state index < -0.39 is 17.5 Å². The molecular formula is C13H14N2O5. The fourth-order valence-electron chi connectivity index (χ4n) is 2.93. The van der Waals surface area contributed by atoms with Crippen molar-refractivity contribution in [1.29, 1.82) is 0 Å². The number of carbonyl (C=O) groups is 3. The van der Waals surface area contributed by atoms with E-state index in [2.05, 4.69) is 5.32 Å². The lowest BCUT2D eigenvalue weighted by molar-refractivity contribution is -0.131. The quantitative estimate of drug-likeness (QED) is 0.813. The van der Waals surface area contributed by atoms with Crippen molar-refractivity contribution >= 4 is 17.9 Å². The number of aromatic carboxylic acids is 1. The highest BCUT2D eigenvalue weighted by Gasteiger charge is 2.52. The Morgan fingerprint density at radius 2 is 2.10 bits per heavy atom. The molecule has 2 N–H and O–H groups in total. The monoisotopic (exact) mass is 278 g/mol. The summed E-state index contributed by atoms with van der Waals surface area (Å²) in [5, 5.41) is 11.7. The predicted molar refractivity (Wildman–Crippen MR) is 65.9 cm³/mol. The van der Waals surface area contributed by atoms with Crippen LogP contribution in [0.2, 0.25) is 0 Å². The molecule has 0 unspecified atom stereocenters. The number of furan rings is 1. The van der Waals surface area contributed by atoms with Crippen molar-refractivity contribution in [2.45, 2.75) is 37.8 Å². The number of carboxylic acids is 1. The van der Waals surface area contributed by atoms with Crippen LogP contribution in [0.15, 0.2) is 16.7 Å². The zero-order valence-corrected chi connectivity index (χ0v) is 10.7.